The number of sulfone groups is 1. The molecule has 33 heteroatoms. The number of unbranched alkanes of at least 4 members (excludes halogenated alkanes) is 1. The Hall–Kier alpha value is -10.8. The highest BCUT2D eigenvalue weighted by molar-refractivity contribution is 7.90. The van der Waals surface area contributed by atoms with Crippen LogP contribution in [0.5, 0.6) is 40.5 Å². The molecule has 2 heterocycles. The monoisotopic (exact) mass is 1490 g/mol. The van der Waals surface area contributed by atoms with Gasteiger partial charge in [-0.1, -0.05) is 103 Å². The van der Waals surface area contributed by atoms with Crippen molar-refractivity contribution in [2.45, 2.75) is 95.6 Å². The van der Waals surface area contributed by atoms with E-state index in [0.717, 1.165) is 48.4 Å². The number of oxime groups is 1. The zero-order valence-corrected chi connectivity index (χ0v) is 58.8. The third-order valence-corrected chi connectivity index (χ3v) is 16.7. The predicted octanol–water partition coefficient (Wildman–Crippen LogP) is 12.2. The molecule has 2 amide bonds. The molecule has 7 aromatic rings. The number of Topliss-reactive ketones (excluding diaryl/α,β-unsaturated/α-hetero) is 3. The molecule has 103 heavy (non-hydrogen) atoms. The van der Waals surface area contributed by atoms with Gasteiger partial charge in [-0.3, -0.25) is 19.7 Å². The van der Waals surface area contributed by atoms with Crippen molar-refractivity contribution in [3.8, 4) is 46.6 Å². The first-order valence-electron chi connectivity index (χ1n) is 31.3. The summed E-state index contributed by atoms with van der Waals surface area (Å²) < 4.78 is 146. The van der Waals surface area contributed by atoms with Crippen LogP contribution < -0.4 is 37.9 Å². The Morgan fingerprint density at radius 1 is 0.767 bits per heavy atom. The Labute approximate surface area is 595 Å². The maximum absolute atomic E-state index is 13.8. The fraction of sp³-hybridized carbons (Fsp3) is 0.314. The maximum atomic E-state index is 13.8. The fourth-order valence-corrected chi connectivity index (χ4v) is 11.4. The van der Waals surface area contributed by atoms with E-state index < -0.39 is 108 Å². The molecule has 0 radical (unpaired) electrons. The first-order valence-corrected chi connectivity index (χ1v) is 35.0. The van der Waals surface area contributed by atoms with Gasteiger partial charge < -0.3 is 46.9 Å². The van der Waals surface area contributed by atoms with Gasteiger partial charge in [-0.15, -0.1) is 0 Å². The largest absolute Gasteiger partial charge is 0.490 e. The molecule has 1 saturated carbocycles. The average molecular weight is 1490 g/mol. The molecule has 0 saturated heterocycles. The molecule has 0 unspecified atom stereocenters. The standard InChI is InChI=1S/C20H20FNO4.C18H17NO3.C17H16ClF3O6S.C15H18N4O7S/c1-3-4-11-24-20(23)14(2)25-16-6-8-17(9-7-16)26-19-10-5-15(13-22)12-18(19)21;1-2-21-17(20)16-13-18(22-19-16,14-9-5-3-6-10-14)15-11-7-4-8-12-15;1-28(25,26)13-6-5-9(15(18)10(13)7-27-8-17(19,20)21)16(24)14-11(22)3-2-4-12(14)23;1-4-25-10-7-5-6-8-11(10)26-27(21,22)19-15(20)18-14-16-12(23-2)9-13(17-14)24-3/h5-10,12,14H,3-4,11H2,1-2H3;3-12H,2,13H2,1H3;5-6,14H,2-4,7-8H2,1H3;5-9H,4H2,1-3H3,(H2,16,17,18,19,20)/t14-;;;/m1.../s1. The van der Waals surface area contributed by atoms with Gasteiger partial charge in [0.25, 0.3) is 0 Å². The number of urea groups is 1. The highest BCUT2D eigenvalue weighted by Crippen LogP contribution is 2.42. The van der Waals surface area contributed by atoms with Gasteiger partial charge in [-0.05, 0) is 100 Å². The van der Waals surface area contributed by atoms with Gasteiger partial charge in [0, 0.05) is 41.4 Å². The van der Waals surface area contributed by atoms with E-state index in [2.05, 4.69) is 25.2 Å². The lowest BCUT2D eigenvalue weighted by atomic mass is 9.81. The number of nitriles is 1. The molecular formula is C70H71ClF4N6O20S2. The summed E-state index contributed by atoms with van der Waals surface area (Å²) in [5, 5.41) is 14.4. The first-order chi connectivity index (χ1) is 49.0. The molecule has 26 nitrogen and oxygen atoms in total. The summed E-state index contributed by atoms with van der Waals surface area (Å²) in [6, 6.07) is 40.3. The number of hydrogen-bond donors (Lipinski definition) is 2. The highest BCUT2D eigenvalue weighted by atomic mass is 35.5. The Morgan fingerprint density at radius 3 is 1.90 bits per heavy atom. The highest BCUT2D eigenvalue weighted by Gasteiger charge is 2.45. The topological polar surface area (TPSA) is 349 Å². The number of nitrogens with one attached hydrogen (secondary N) is 2. The summed E-state index contributed by atoms with van der Waals surface area (Å²) in [7, 11) is -5.67. The zero-order valence-electron chi connectivity index (χ0n) is 56.4. The number of anilines is 1. The fourth-order valence-electron chi connectivity index (χ4n) is 9.44. The van der Waals surface area contributed by atoms with Gasteiger partial charge in [0.15, 0.2) is 67.7 Å². The normalized spacial score (nSPS) is 13.5. The predicted molar refractivity (Wildman–Crippen MR) is 363 cm³/mol. The summed E-state index contributed by atoms with van der Waals surface area (Å²) in [6.07, 6.45) is -2.01. The molecule has 6 aromatic carbocycles. The minimum absolute atomic E-state index is 0.0190. The molecule has 1 aliphatic heterocycles. The number of aromatic nitrogens is 2. The van der Waals surface area contributed by atoms with Crippen molar-refractivity contribution in [2.75, 3.05) is 52.2 Å². The van der Waals surface area contributed by atoms with E-state index in [-0.39, 0.29) is 64.5 Å². The summed E-state index contributed by atoms with van der Waals surface area (Å²) in [5.41, 5.74) is 1.04. The van der Waals surface area contributed by atoms with E-state index >= 15 is 0 Å². The number of hydrogen-bond acceptors (Lipinski definition) is 24. The maximum Gasteiger partial charge on any atom is 0.411 e. The van der Waals surface area contributed by atoms with Gasteiger partial charge in [-0.2, -0.15) is 36.8 Å². The van der Waals surface area contributed by atoms with Crippen LogP contribution in [-0.2, 0) is 70.6 Å². The lowest BCUT2D eigenvalue weighted by molar-refractivity contribution is -0.176. The molecule has 1 atom stereocenters. The van der Waals surface area contributed by atoms with E-state index in [1.807, 2.05) is 73.7 Å². The van der Waals surface area contributed by atoms with Gasteiger partial charge in [0.05, 0.1) is 74.7 Å². The minimum atomic E-state index is -4.65. The molecule has 1 fully saturated rings. The quantitative estimate of drug-likeness (QED) is 0.0167. The van der Waals surface area contributed by atoms with Crippen LogP contribution in [0.3, 0.4) is 0 Å². The Bertz CT molecular complexity index is 4340. The minimum Gasteiger partial charge on any atom is -0.490 e. The van der Waals surface area contributed by atoms with Crippen LogP contribution in [0, 0.1) is 23.1 Å². The molecule has 2 aliphatic rings. The van der Waals surface area contributed by atoms with E-state index in [1.165, 1.54) is 44.6 Å². The van der Waals surface area contributed by atoms with Gasteiger partial charge in [0.1, 0.15) is 24.0 Å². The second-order valence-electron chi connectivity index (χ2n) is 21.8. The van der Waals surface area contributed by atoms with Crippen molar-refractivity contribution in [3.63, 3.8) is 0 Å². The Balaban J connectivity index is 0.000000216. The number of benzene rings is 6. The molecule has 9 rings (SSSR count). The smallest absolute Gasteiger partial charge is 0.411 e. The van der Waals surface area contributed by atoms with E-state index in [0.29, 0.717) is 49.9 Å². The lowest BCUT2D eigenvalue weighted by Gasteiger charge is -2.27. The third kappa shape index (κ3) is 24.2. The lowest BCUT2D eigenvalue weighted by Crippen LogP contribution is -2.37. The van der Waals surface area contributed by atoms with Crippen LogP contribution in [0.2, 0.25) is 5.02 Å². The zero-order chi connectivity index (χ0) is 75.5. The van der Waals surface area contributed by atoms with Crippen LogP contribution in [0.4, 0.5) is 28.3 Å². The number of para-hydroxylation sites is 2. The van der Waals surface area contributed by atoms with Gasteiger partial charge >= 0.3 is 34.5 Å². The van der Waals surface area contributed by atoms with Crippen LogP contribution >= 0.6 is 11.6 Å². The Kier molecular flexibility index (Phi) is 30.2. The van der Waals surface area contributed by atoms with Crippen molar-refractivity contribution in [2.24, 2.45) is 11.1 Å². The van der Waals surface area contributed by atoms with Crippen molar-refractivity contribution in [3.05, 3.63) is 184 Å². The second-order valence-corrected chi connectivity index (χ2v) is 25.5. The number of ether oxygens (including phenoxy) is 8. The summed E-state index contributed by atoms with van der Waals surface area (Å²) >= 11 is 6.11. The number of carbonyl (C=O) groups excluding carboxylic acids is 6. The molecule has 1 aromatic heterocycles. The summed E-state index contributed by atoms with van der Waals surface area (Å²) in [5.74, 6) is -4.01. The summed E-state index contributed by atoms with van der Waals surface area (Å²) in [6.45, 7) is 5.68. The van der Waals surface area contributed by atoms with Crippen molar-refractivity contribution >= 4 is 78.7 Å². The van der Waals surface area contributed by atoms with Crippen LogP contribution in [0.15, 0.2) is 156 Å². The van der Waals surface area contributed by atoms with Crippen molar-refractivity contribution < 1.29 is 110 Å². The summed E-state index contributed by atoms with van der Waals surface area (Å²) in [4.78, 5) is 85.5. The van der Waals surface area contributed by atoms with Crippen LogP contribution in [-0.4, -0.2) is 127 Å². The van der Waals surface area contributed by atoms with Crippen LogP contribution in [0.1, 0.15) is 98.8 Å². The number of nitrogens with zero attached hydrogens (tertiary/aromatic N) is 4. The SMILES string of the molecule is CCCCOC(=O)[C@@H](C)Oc1ccc(Oc2ccc(C#N)cc2F)cc1.CCOC(=O)C1=NOC(c2ccccc2)(c2ccccc2)C1.CCOc1ccccc1OS(=O)(=O)NC(=O)Nc1nc(OC)cc(OC)n1.CS(=O)(=O)c1ccc(C(=O)C2C(=O)CCCC2=O)c(Cl)c1COCC(F)(F)F. The van der Waals surface area contributed by atoms with E-state index in [4.69, 9.17) is 59.0 Å². The molecule has 0 bridgehead atoms. The van der Waals surface area contributed by atoms with Gasteiger partial charge in [0.2, 0.25) is 17.7 Å². The molecule has 548 valence electrons. The number of carbonyl (C=O) groups is 6. The number of ketones is 3. The Morgan fingerprint density at radius 2 is 1.36 bits per heavy atom. The number of alkyl halides is 3. The van der Waals surface area contributed by atoms with E-state index in [1.54, 1.807) is 61.9 Å². The number of rotatable bonds is 26. The van der Waals surface area contributed by atoms with Crippen molar-refractivity contribution in [1.82, 2.24) is 14.7 Å². The molecule has 1 aliphatic carbocycles. The number of amides is 2. The average Bonchev–Trinajstić information content (AvgIpc) is 1.71. The number of halogens is 5. The van der Waals surface area contributed by atoms with Gasteiger partial charge in [-0.25, -0.2) is 31.9 Å². The second kappa shape index (κ2) is 38.3. The van der Waals surface area contributed by atoms with Crippen LogP contribution in [0.25, 0.3) is 0 Å². The molecular weight excluding hydrogens is 1420 g/mol. The molecule has 2 N–H and O–H groups in total. The number of esters is 2. The first kappa shape index (κ1) is 81.2. The molecule has 0 spiro atoms. The van der Waals surface area contributed by atoms with E-state index in [9.17, 15) is 63.2 Å². The van der Waals surface area contributed by atoms with Crippen molar-refractivity contribution in [1.29, 1.82) is 5.26 Å². The third-order valence-electron chi connectivity index (χ3n) is 14.2. The number of methoxy groups -OCH3 is 2.